The Kier molecular flexibility index (Phi) is 6.80. The maximum Gasteiger partial charge on any atom is 0.406 e. The molecule has 0 aromatic heterocycles. The smallest absolute Gasteiger partial charge is 0.329 e. The number of rotatable bonds is 8. The summed E-state index contributed by atoms with van der Waals surface area (Å²) in [6.45, 7) is -0.200. The Balaban J connectivity index is 1.90. The van der Waals surface area contributed by atoms with Crippen LogP contribution in [0.5, 0.6) is 0 Å². The highest BCUT2D eigenvalue weighted by Gasteiger charge is 2.40. The number of hydrogen-bond donors (Lipinski definition) is 1. The largest absolute Gasteiger partial charge is 0.406 e. The van der Waals surface area contributed by atoms with Gasteiger partial charge in [-0.25, -0.2) is 4.39 Å². The molecule has 0 saturated heterocycles. The van der Waals surface area contributed by atoms with Crippen LogP contribution < -0.4 is 5.32 Å². The van der Waals surface area contributed by atoms with Crippen LogP contribution in [0.3, 0.4) is 0 Å². The average Bonchev–Trinajstić information content (AvgIpc) is 3.35. The van der Waals surface area contributed by atoms with E-state index in [1.54, 1.807) is 6.92 Å². The average molecular weight is 389 g/mol. The summed E-state index contributed by atoms with van der Waals surface area (Å²) in [5.41, 5.74) is 0.265. The molecule has 5 nitrogen and oxygen atoms in total. The number of benzene rings is 1. The number of hydrogen-bond acceptors (Lipinski definition) is 3. The first-order valence-electron chi connectivity index (χ1n) is 8.65. The summed E-state index contributed by atoms with van der Waals surface area (Å²) in [4.78, 5) is 26.6. The van der Waals surface area contributed by atoms with Gasteiger partial charge >= 0.3 is 6.18 Å². The standard InChI is InChI=1S/C18H23F4N3O2/c1-12(13-6-7-13)25(11-18(20,21)22)17(27)10-24(2)9-16(26)23-15-5-3-4-14(19)8-15/h3-5,8,12-13H,6-7,9-11H2,1-2H3,(H,23,26)/t12-/m0/s1. The maximum atomic E-state index is 13.1. The second kappa shape index (κ2) is 8.69. The number of carbonyl (C=O) groups excluding carboxylic acids is 2. The third-order valence-electron chi connectivity index (χ3n) is 4.39. The molecule has 1 aromatic carbocycles. The summed E-state index contributed by atoms with van der Waals surface area (Å²) in [6, 6.07) is 4.83. The van der Waals surface area contributed by atoms with E-state index in [4.69, 9.17) is 0 Å². The predicted molar refractivity (Wildman–Crippen MR) is 92.5 cm³/mol. The summed E-state index contributed by atoms with van der Waals surface area (Å²) in [6.07, 6.45) is -2.85. The molecule has 0 heterocycles. The van der Waals surface area contributed by atoms with Gasteiger partial charge in [-0.2, -0.15) is 13.2 Å². The van der Waals surface area contributed by atoms with Crippen LogP contribution in [0.25, 0.3) is 0 Å². The molecule has 1 N–H and O–H groups in total. The van der Waals surface area contributed by atoms with Gasteiger partial charge in [-0.1, -0.05) is 6.07 Å². The lowest BCUT2D eigenvalue weighted by Gasteiger charge is -2.31. The zero-order chi connectivity index (χ0) is 20.2. The lowest BCUT2D eigenvalue weighted by molar-refractivity contribution is -0.166. The number of likely N-dealkylation sites (N-methyl/N-ethyl adjacent to an activating group) is 1. The Hall–Kier alpha value is -2.16. The van der Waals surface area contributed by atoms with Crippen LogP contribution in [0.2, 0.25) is 0 Å². The number of nitrogens with zero attached hydrogens (tertiary/aromatic N) is 2. The summed E-state index contributed by atoms with van der Waals surface area (Å²) in [5.74, 6) is -1.58. The van der Waals surface area contributed by atoms with E-state index in [1.807, 2.05) is 0 Å². The van der Waals surface area contributed by atoms with Crippen molar-refractivity contribution in [1.82, 2.24) is 9.80 Å². The number of amides is 2. The highest BCUT2D eigenvalue weighted by Crippen LogP contribution is 2.36. The molecule has 0 aliphatic heterocycles. The number of carbonyl (C=O) groups is 2. The van der Waals surface area contributed by atoms with Gasteiger partial charge in [-0.3, -0.25) is 14.5 Å². The van der Waals surface area contributed by atoms with Crippen molar-refractivity contribution in [3.8, 4) is 0 Å². The van der Waals surface area contributed by atoms with Crippen LogP contribution in [0.1, 0.15) is 19.8 Å². The molecular formula is C18H23F4N3O2. The highest BCUT2D eigenvalue weighted by molar-refractivity contribution is 5.92. The number of alkyl halides is 3. The summed E-state index contributed by atoms with van der Waals surface area (Å²) in [5, 5.41) is 2.48. The molecule has 1 aliphatic rings. The van der Waals surface area contributed by atoms with E-state index in [9.17, 15) is 27.2 Å². The number of nitrogens with one attached hydrogen (secondary N) is 1. The monoisotopic (exact) mass is 389 g/mol. The van der Waals surface area contributed by atoms with Crippen molar-refractivity contribution in [2.45, 2.75) is 32.0 Å². The van der Waals surface area contributed by atoms with Crippen LogP contribution in [0.4, 0.5) is 23.2 Å². The normalized spacial score (nSPS) is 15.5. The lowest BCUT2D eigenvalue weighted by atomic mass is 10.1. The van der Waals surface area contributed by atoms with Crippen molar-refractivity contribution in [3.63, 3.8) is 0 Å². The van der Waals surface area contributed by atoms with E-state index in [-0.39, 0.29) is 24.7 Å². The third-order valence-corrected chi connectivity index (χ3v) is 4.39. The minimum atomic E-state index is -4.48. The molecule has 2 rings (SSSR count). The molecule has 9 heteroatoms. The fourth-order valence-corrected chi connectivity index (χ4v) is 2.88. The van der Waals surface area contributed by atoms with E-state index in [0.717, 1.165) is 23.8 Å². The van der Waals surface area contributed by atoms with Crippen molar-refractivity contribution in [1.29, 1.82) is 0 Å². The van der Waals surface area contributed by atoms with Gasteiger partial charge in [0, 0.05) is 11.7 Å². The van der Waals surface area contributed by atoms with Crippen LogP contribution in [-0.4, -0.2) is 60.5 Å². The van der Waals surface area contributed by atoms with Crippen LogP contribution in [-0.2, 0) is 9.59 Å². The Labute approximate surface area is 155 Å². The topological polar surface area (TPSA) is 52.7 Å². The van der Waals surface area contributed by atoms with E-state index in [0.29, 0.717) is 0 Å². The molecule has 27 heavy (non-hydrogen) atoms. The first kappa shape index (κ1) is 21.1. The molecule has 150 valence electrons. The quantitative estimate of drug-likeness (QED) is 0.696. The molecule has 2 amide bonds. The predicted octanol–water partition coefficient (Wildman–Crippen LogP) is 2.89. The maximum absolute atomic E-state index is 13.1. The highest BCUT2D eigenvalue weighted by atomic mass is 19.4. The molecule has 1 aliphatic carbocycles. The van der Waals surface area contributed by atoms with Gasteiger partial charge < -0.3 is 10.2 Å². The molecule has 1 saturated carbocycles. The number of anilines is 1. The van der Waals surface area contributed by atoms with Crippen LogP contribution in [0, 0.1) is 11.7 Å². The first-order valence-corrected chi connectivity index (χ1v) is 8.65. The Morgan fingerprint density at radius 2 is 1.93 bits per heavy atom. The summed E-state index contributed by atoms with van der Waals surface area (Å²) < 4.78 is 51.6. The first-order chi connectivity index (χ1) is 12.5. The molecule has 1 aromatic rings. The summed E-state index contributed by atoms with van der Waals surface area (Å²) in [7, 11) is 1.47. The van der Waals surface area contributed by atoms with Crippen LogP contribution >= 0.6 is 0 Å². The Bertz CT molecular complexity index is 677. The van der Waals surface area contributed by atoms with Gasteiger partial charge in [-0.05, 0) is 50.9 Å². The van der Waals surface area contributed by atoms with E-state index >= 15 is 0 Å². The zero-order valence-corrected chi connectivity index (χ0v) is 15.2. The van der Waals surface area contributed by atoms with Crippen LogP contribution in [0.15, 0.2) is 24.3 Å². The molecule has 1 fully saturated rings. The molecule has 0 spiro atoms. The third kappa shape index (κ3) is 7.16. The number of halogens is 4. The molecule has 1 atom stereocenters. The van der Waals surface area contributed by atoms with E-state index < -0.39 is 36.4 Å². The lowest BCUT2D eigenvalue weighted by Crippen LogP contribution is -2.49. The van der Waals surface area contributed by atoms with Gasteiger partial charge in [0.25, 0.3) is 0 Å². The fourth-order valence-electron chi connectivity index (χ4n) is 2.88. The molecular weight excluding hydrogens is 366 g/mol. The van der Waals surface area contributed by atoms with Crippen molar-refractivity contribution in [3.05, 3.63) is 30.1 Å². The van der Waals surface area contributed by atoms with Gasteiger partial charge in [0.05, 0.1) is 13.1 Å². The van der Waals surface area contributed by atoms with E-state index in [2.05, 4.69) is 5.32 Å². The zero-order valence-electron chi connectivity index (χ0n) is 15.2. The van der Waals surface area contributed by atoms with Crippen molar-refractivity contribution in [2.24, 2.45) is 5.92 Å². The molecule has 0 unspecified atom stereocenters. The van der Waals surface area contributed by atoms with Crippen molar-refractivity contribution in [2.75, 3.05) is 32.0 Å². The van der Waals surface area contributed by atoms with Gasteiger partial charge in [0.15, 0.2) is 0 Å². The fraction of sp³-hybridized carbons (Fsp3) is 0.556. The minimum Gasteiger partial charge on any atom is -0.329 e. The SMILES string of the molecule is C[C@@H](C1CC1)N(CC(F)(F)F)C(=O)CN(C)CC(=O)Nc1cccc(F)c1. The van der Waals surface area contributed by atoms with Crippen molar-refractivity contribution >= 4 is 17.5 Å². The van der Waals surface area contributed by atoms with Gasteiger partial charge in [0.2, 0.25) is 11.8 Å². The molecule has 0 bridgehead atoms. The van der Waals surface area contributed by atoms with Gasteiger partial charge in [-0.15, -0.1) is 0 Å². The summed E-state index contributed by atoms with van der Waals surface area (Å²) >= 11 is 0. The molecule has 0 radical (unpaired) electrons. The van der Waals surface area contributed by atoms with E-state index in [1.165, 1.54) is 30.1 Å². The second-order valence-electron chi connectivity index (χ2n) is 6.95. The van der Waals surface area contributed by atoms with Crippen molar-refractivity contribution < 1.29 is 27.2 Å². The van der Waals surface area contributed by atoms with Gasteiger partial charge in [0.1, 0.15) is 12.4 Å². The Morgan fingerprint density at radius 1 is 1.26 bits per heavy atom. The second-order valence-corrected chi connectivity index (χ2v) is 6.95. The minimum absolute atomic E-state index is 0.0953. The Morgan fingerprint density at radius 3 is 2.48 bits per heavy atom.